The van der Waals surface area contributed by atoms with Crippen LogP contribution >= 0.6 is 0 Å². The standard InChI is InChI=1S/C12H22N2O3/c1-9-8-10(6-7-14(9)2)13-11(15)4-3-5-12(16)17/h9-10H,3-8H2,1-2H3,(H,13,15)(H,16,17). The fraction of sp³-hybridized carbons (Fsp3) is 0.833. The molecule has 0 aliphatic carbocycles. The molecule has 1 amide bonds. The van der Waals surface area contributed by atoms with E-state index in [0.717, 1.165) is 19.4 Å². The number of amides is 1. The molecule has 5 heteroatoms. The van der Waals surface area contributed by atoms with Gasteiger partial charge in [0, 0.05) is 31.5 Å². The van der Waals surface area contributed by atoms with Gasteiger partial charge >= 0.3 is 5.97 Å². The highest BCUT2D eigenvalue weighted by Gasteiger charge is 2.23. The molecule has 1 aliphatic rings. The molecular formula is C12H22N2O3. The van der Waals surface area contributed by atoms with Crippen LogP contribution in [-0.4, -0.2) is 47.6 Å². The first-order valence-electron chi connectivity index (χ1n) is 6.20. The summed E-state index contributed by atoms with van der Waals surface area (Å²) in [5.41, 5.74) is 0. The van der Waals surface area contributed by atoms with Gasteiger partial charge in [-0.1, -0.05) is 0 Å². The Morgan fingerprint density at radius 3 is 2.71 bits per heavy atom. The van der Waals surface area contributed by atoms with Gasteiger partial charge in [-0.05, 0) is 33.2 Å². The van der Waals surface area contributed by atoms with E-state index in [4.69, 9.17) is 5.11 Å². The van der Waals surface area contributed by atoms with E-state index in [1.165, 1.54) is 0 Å². The highest BCUT2D eigenvalue weighted by molar-refractivity contribution is 5.77. The Morgan fingerprint density at radius 2 is 2.12 bits per heavy atom. The zero-order chi connectivity index (χ0) is 12.8. The Kier molecular flexibility index (Phi) is 5.41. The number of carbonyl (C=O) groups is 2. The first-order chi connectivity index (χ1) is 7.99. The summed E-state index contributed by atoms with van der Waals surface area (Å²) in [6.45, 7) is 3.16. The molecule has 0 radical (unpaired) electrons. The van der Waals surface area contributed by atoms with Gasteiger partial charge in [0.15, 0.2) is 0 Å². The molecule has 2 N–H and O–H groups in total. The van der Waals surface area contributed by atoms with Crippen molar-refractivity contribution in [2.75, 3.05) is 13.6 Å². The second-order valence-corrected chi connectivity index (χ2v) is 4.87. The fourth-order valence-corrected chi connectivity index (χ4v) is 2.12. The zero-order valence-corrected chi connectivity index (χ0v) is 10.6. The van der Waals surface area contributed by atoms with E-state index in [1.54, 1.807) is 0 Å². The first-order valence-corrected chi connectivity index (χ1v) is 6.20. The summed E-state index contributed by atoms with van der Waals surface area (Å²) in [5, 5.41) is 11.5. The number of nitrogens with one attached hydrogen (secondary N) is 1. The molecule has 17 heavy (non-hydrogen) atoms. The van der Waals surface area contributed by atoms with Crippen LogP contribution in [0, 0.1) is 0 Å². The van der Waals surface area contributed by atoms with Crippen molar-refractivity contribution in [3.05, 3.63) is 0 Å². The fourth-order valence-electron chi connectivity index (χ4n) is 2.12. The number of carbonyl (C=O) groups excluding carboxylic acids is 1. The van der Waals surface area contributed by atoms with Gasteiger partial charge in [0.25, 0.3) is 0 Å². The molecule has 1 rings (SSSR count). The van der Waals surface area contributed by atoms with E-state index in [9.17, 15) is 9.59 Å². The third-order valence-electron chi connectivity index (χ3n) is 3.37. The smallest absolute Gasteiger partial charge is 0.303 e. The monoisotopic (exact) mass is 242 g/mol. The van der Waals surface area contributed by atoms with E-state index < -0.39 is 5.97 Å². The van der Waals surface area contributed by atoms with Crippen LogP contribution in [0.1, 0.15) is 39.0 Å². The van der Waals surface area contributed by atoms with Crippen LogP contribution in [0.3, 0.4) is 0 Å². The van der Waals surface area contributed by atoms with Gasteiger partial charge < -0.3 is 15.3 Å². The number of aliphatic carboxylic acids is 1. The van der Waals surface area contributed by atoms with Gasteiger partial charge in [-0.25, -0.2) is 0 Å². The van der Waals surface area contributed by atoms with E-state index >= 15 is 0 Å². The third kappa shape index (κ3) is 5.17. The molecule has 1 fully saturated rings. The predicted octanol–water partition coefficient (Wildman–Crippen LogP) is 0.840. The maximum absolute atomic E-state index is 11.6. The maximum Gasteiger partial charge on any atom is 0.303 e. The SMILES string of the molecule is CC1CC(NC(=O)CCCC(=O)O)CCN1C. The highest BCUT2D eigenvalue weighted by Crippen LogP contribution is 2.15. The van der Waals surface area contributed by atoms with Gasteiger partial charge in [-0.3, -0.25) is 9.59 Å². The number of rotatable bonds is 5. The van der Waals surface area contributed by atoms with Crippen molar-refractivity contribution < 1.29 is 14.7 Å². The normalized spacial score (nSPS) is 25.5. The lowest BCUT2D eigenvalue weighted by atomic mass is 9.99. The largest absolute Gasteiger partial charge is 0.481 e. The topological polar surface area (TPSA) is 69.6 Å². The summed E-state index contributed by atoms with van der Waals surface area (Å²) >= 11 is 0. The van der Waals surface area contributed by atoms with Crippen molar-refractivity contribution in [1.82, 2.24) is 10.2 Å². The van der Waals surface area contributed by atoms with Crippen LogP contribution in [0.4, 0.5) is 0 Å². The molecule has 0 aromatic rings. The predicted molar refractivity (Wildman–Crippen MR) is 64.7 cm³/mol. The first kappa shape index (κ1) is 14.0. The van der Waals surface area contributed by atoms with E-state index in [0.29, 0.717) is 18.9 Å². The summed E-state index contributed by atoms with van der Waals surface area (Å²) in [7, 11) is 2.09. The molecule has 0 saturated carbocycles. The molecule has 2 atom stereocenters. The molecule has 5 nitrogen and oxygen atoms in total. The van der Waals surface area contributed by atoms with Crippen molar-refractivity contribution in [3.63, 3.8) is 0 Å². The molecule has 2 unspecified atom stereocenters. The molecule has 0 aromatic heterocycles. The van der Waals surface area contributed by atoms with Gasteiger partial charge in [0.2, 0.25) is 5.91 Å². The Hall–Kier alpha value is -1.10. The number of piperidine rings is 1. The van der Waals surface area contributed by atoms with Crippen LogP contribution < -0.4 is 5.32 Å². The summed E-state index contributed by atoms with van der Waals surface area (Å²) < 4.78 is 0. The molecule has 1 heterocycles. The Bertz CT molecular complexity index is 281. The number of nitrogens with zero attached hydrogens (tertiary/aromatic N) is 1. The molecule has 0 aromatic carbocycles. The zero-order valence-electron chi connectivity index (χ0n) is 10.6. The Balaban J connectivity index is 2.20. The summed E-state index contributed by atoms with van der Waals surface area (Å²) in [5.74, 6) is -0.862. The lowest BCUT2D eigenvalue weighted by Gasteiger charge is -2.35. The van der Waals surface area contributed by atoms with Gasteiger partial charge in [-0.15, -0.1) is 0 Å². The minimum Gasteiger partial charge on any atom is -0.481 e. The minimum atomic E-state index is -0.842. The third-order valence-corrected chi connectivity index (χ3v) is 3.37. The lowest BCUT2D eigenvalue weighted by Crippen LogP contribution is -2.47. The summed E-state index contributed by atoms with van der Waals surface area (Å²) in [6.07, 6.45) is 2.75. The van der Waals surface area contributed by atoms with Crippen molar-refractivity contribution in [1.29, 1.82) is 0 Å². The van der Waals surface area contributed by atoms with Crippen molar-refractivity contribution in [3.8, 4) is 0 Å². The highest BCUT2D eigenvalue weighted by atomic mass is 16.4. The number of hydrogen-bond donors (Lipinski definition) is 2. The van der Waals surface area contributed by atoms with Crippen LogP contribution in [0.5, 0.6) is 0 Å². The number of likely N-dealkylation sites (tertiary alicyclic amines) is 1. The van der Waals surface area contributed by atoms with Crippen LogP contribution in [0.25, 0.3) is 0 Å². The van der Waals surface area contributed by atoms with Crippen LogP contribution in [0.15, 0.2) is 0 Å². The lowest BCUT2D eigenvalue weighted by molar-refractivity contribution is -0.137. The molecule has 1 aliphatic heterocycles. The molecule has 0 bridgehead atoms. The Labute approximate surface area is 102 Å². The van der Waals surface area contributed by atoms with Gasteiger partial charge in [0.05, 0.1) is 0 Å². The number of carboxylic acid groups (broad SMARTS) is 1. The van der Waals surface area contributed by atoms with Gasteiger partial charge in [-0.2, -0.15) is 0 Å². The second-order valence-electron chi connectivity index (χ2n) is 4.87. The van der Waals surface area contributed by atoms with E-state index in [2.05, 4.69) is 24.2 Å². The molecular weight excluding hydrogens is 220 g/mol. The van der Waals surface area contributed by atoms with E-state index in [1.807, 2.05) is 0 Å². The van der Waals surface area contributed by atoms with Crippen LogP contribution in [0.2, 0.25) is 0 Å². The van der Waals surface area contributed by atoms with Crippen molar-refractivity contribution in [2.24, 2.45) is 0 Å². The quantitative estimate of drug-likeness (QED) is 0.749. The molecule has 0 spiro atoms. The van der Waals surface area contributed by atoms with Gasteiger partial charge in [0.1, 0.15) is 0 Å². The summed E-state index contributed by atoms with van der Waals surface area (Å²) in [4.78, 5) is 24.2. The average Bonchev–Trinajstić information content (AvgIpc) is 2.23. The maximum atomic E-state index is 11.6. The number of hydrogen-bond acceptors (Lipinski definition) is 3. The van der Waals surface area contributed by atoms with Crippen molar-refractivity contribution >= 4 is 11.9 Å². The molecule has 1 saturated heterocycles. The number of carboxylic acids is 1. The second kappa shape index (κ2) is 6.59. The average molecular weight is 242 g/mol. The molecule has 98 valence electrons. The van der Waals surface area contributed by atoms with Crippen LogP contribution in [-0.2, 0) is 9.59 Å². The van der Waals surface area contributed by atoms with E-state index in [-0.39, 0.29) is 18.4 Å². The summed E-state index contributed by atoms with van der Waals surface area (Å²) in [6, 6.07) is 0.742. The van der Waals surface area contributed by atoms with Crippen molar-refractivity contribution in [2.45, 2.75) is 51.1 Å². The minimum absolute atomic E-state index is 0.0204. The Morgan fingerprint density at radius 1 is 1.41 bits per heavy atom.